The van der Waals surface area contributed by atoms with Crippen LogP contribution < -0.4 is 0 Å². The van der Waals surface area contributed by atoms with Crippen molar-refractivity contribution in [2.45, 2.75) is 19.5 Å². The van der Waals surface area contributed by atoms with Gasteiger partial charge in [-0.05, 0) is 12.5 Å². The van der Waals surface area contributed by atoms with E-state index in [0.29, 0.717) is 6.61 Å². The predicted molar refractivity (Wildman–Crippen MR) is 61.0 cm³/mol. The molecule has 1 atom stereocenters. The minimum absolute atomic E-state index is 0.0646. The Bertz CT molecular complexity index is 345. The monoisotopic (exact) mass is 241 g/mol. The third-order valence-corrected chi connectivity index (χ3v) is 2.28. The maximum Gasteiger partial charge on any atom is 0.326 e. The first-order valence-corrected chi connectivity index (χ1v) is 5.42. The van der Waals surface area contributed by atoms with Crippen LogP contribution in [0.3, 0.4) is 0 Å². The van der Waals surface area contributed by atoms with Crippen LogP contribution in [0, 0.1) is 0 Å². The molecule has 4 nitrogen and oxygen atoms in total. The largest absolute Gasteiger partial charge is 0.480 e. The fourth-order valence-electron chi connectivity index (χ4n) is 1.37. The van der Waals surface area contributed by atoms with Gasteiger partial charge in [-0.25, -0.2) is 0 Å². The molecule has 17 heavy (non-hydrogen) atoms. The minimum Gasteiger partial charge on any atom is -0.480 e. The molecule has 0 radical (unpaired) electrons. The summed E-state index contributed by atoms with van der Waals surface area (Å²) >= 11 is 0. The topological polar surface area (TPSA) is 49.8 Å². The van der Waals surface area contributed by atoms with Crippen LogP contribution in [0.15, 0.2) is 30.3 Å². The van der Waals surface area contributed by atoms with Crippen molar-refractivity contribution in [3.63, 3.8) is 0 Å². The third-order valence-electron chi connectivity index (χ3n) is 2.28. The molecule has 0 saturated carbocycles. The fourth-order valence-corrected chi connectivity index (χ4v) is 1.37. The van der Waals surface area contributed by atoms with Crippen molar-refractivity contribution in [1.29, 1.82) is 0 Å². The molecule has 0 aliphatic carbocycles. The van der Waals surface area contributed by atoms with Gasteiger partial charge in [0.1, 0.15) is 0 Å². The second-order valence-corrected chi connectivity index (χ2v) is 3.56. The van der Waals surface area contributed by atoms with Crippen molar-refractivity contribution in [3.8, 4) is 0 Å². The standard InChI is InChI=1S/C12H16FNO3/c1-2-17-9-11(12(15)16)14(13)8-10-6-4-3-5-7-10/h3-7,11H,2,8-9H2,1H3,(H,15,16). The van der Waals surface area contributed by atoms with Crippen LogP contribution in [0.5, 0.6) is 0 Å². The molecule has 0 aliphatic rings. The summed E-state index contributed by atoms with van der Waals surface area (Å²) in [6.07, 6.45) is 0. The normalized spacial score (nSPS) is 12.6. The second kappa shape index (κ2) is 6.98. The highest BCUT2D eigenvalue weighted by Crippen LogP contribution is 2.09. The summed E-state index contributed by atoms with van der Waals surface area (Å²) in [5.41, 5.74) is 0.720. The van der Waals surface area contributed by atoms with Gasteiger partial charge in [-0.1, -0.05) is 30.3 Å². The molecule has 1 aromatic rings. The first-order chi connectivity index (χ1) is 8.15. The lowest BCUT2D eigenvalue weighted by atomic mass is 10.2. The molecule has 0 fully saturated rings. The van der Waals surface area contributed by atoms with Crippen LogP contribution in [-0.2, 0) is 16.1 Å². The average Bonchev–Trinajstić information content (AvgIpc) is 2.30. The van der Waals surface area contributed by atoms with Crippen molar-refractivity contribution < 1.29 is 19.1 Å². The van der Waals surface area contributed by atoms with Gasteiger partial charge in [-0.15, -0.1) is 9.60 Å². The minimum atomic E-state index is -1.27. The molecular weight excluding hydrogens is 225 g/mol. The Balaban J connectivity index is 2.59. The number of carboxylic acids is 1. The van der Waals surface area contributed by atoms with Gasteiger partial charge in [0.15, 0.2) is 6.04 Å². The number of nitrogens with zero attached hydrogens (tertiary/aromatic N) is 1. The molecular formula is C12H16FNO3. The summed E-state index contributed by atoms with van der Waals surface area (Å²) in [6, 6.07) is 7.59. The third kappa shape index (κ3) is 4.50. The number of rotatable bonds is 7. The molecule has 0 aromatic heterocycles. The van der Waals surface area contributed by atoms with Crippen LogP contribution in [0.25, 0.3) is 0 Å². The summed E-state index contributed by atoms with van der Waals surface area (Å²) in [7, 11) is 0. The Labute approximate surface area is 99.6 Å². The zero-order valence-electron chi connectivity index (χ0n) is 9.67. The number of hydrogen-bond donors (Lipinski definition) is 1. The highest BCUT2D eigenvalue weighted by Gasteiger charge is 2.26. The number of carbonyl (C=O) groups is 1. The molecule has 1 N–H and O–H groups in total. The van der Waals surface area contributed by atoms with E-state index in [1.54, 1.807) is 31.2 Å². The van der Waals surface area contributed by atoms with E-state index in [1.807, 2.05) is 6.07 Å². The van der Waals surface area contributed by atoms with Gasteiger partial charge in [0.2, 0.25) is 0 Å². The number of ether oxygens (including phenoxy) is 1. The molecule has 0 heterocycles. The zero-order valence-corrected chi connectivity index (χ0v) is 9.67. The van der Waals surface area contributed by atoms with E-state index in [-0.39, 0.29) is 18.3 Å². The molecule has 1 unspecified atom stereocenters. The number of benzene rings is 1. The van der Waals surface area contributed by atoms with E-state index in [0.717, 1.165) is 5.56 Å². The van der Waals surface area contributed by atoms with Crippen LogP contribution >= 0.6 is 0 Å². The Kier molecular flexibility index (Phi) is 5.59. The van der Waals surface area contributed by atoms with E-state index in [1.165, 1.54) is 0 Å². The zero-order chi connectivity index (χ0) is 12.7. The van der Waals surface area contributed by atoms with Crippen LogP contribution in [0.4, 0.5) is 4.48 Å². The molecule has 0 spiro atoms. The quantitative estimate of drug-likeness (QED) is 0.740. The van der Waals surface area contributed by atoms with Crippen LogP contribution in [0.2, 0.25) is 0 Å². The average molecular weight is 241 g/mol. The molecule has 0 amide bonds. The highest BCUT2D eigenvalue weighted by atomic mass is 19.2. The van der Waals surface area contributed by atoms with E-state index in [2.05, 4.69) is 0 Å². The predicted octanol–water partition coefficient (Wildman–Crippen LogP) is 1.86. The molecule has 5 heteroatoms. The Morgan fingerprint density at radius 3 is 2.65 bits per heavy atom. The van der Waals surface area contributed by atoms with Gasteiger partial charge >= 0.3 is 5.97 Å². The summed E-state index contributed by atoms with van der Waals surface area (Å²) in [5.74, 6) is -1.23. The van der Waals surface area contributed by atoms with Crippen molar-refractivity contribution in [3.05, 3.63) is 35.9 Å². The van der Waals surface area contributed by atoms with Crippen LogP contribution in [-0.4, -0.2) is 35.5 Å². The summed E-state index contributed by atoms with van der Waals surface area (Å²) in [6.45, 7) is 1.88. The summed E-state index contributed by atoms with van der Waals surface area (Å²) in [5, 5.41) is 9.17. The molecule has 1 aromatic carbocycles. The first kappa shape index (κ1) is 13.6. The maximum atomic E-state index is 13.7. The Morgan fingerprint density at radius 1 is 1.47 bits per heavy atom. The van der Waals surface area contributed by atoms with E-state index < -0.39 is 12.0 Å². The first-order valence-electron chi connectivity index (χ1n) is 5.42. The summed E-state index contributed by atoms with van der Waals surface area (Å²) < 4.78 is 18.7. The second-order valence-electron chi connectivity index (χ2n) is 3.56. The lowest BCUT2D eigenvalue weighted by Crippen LogP contribution is -2.39. The molecule has 0 saturated heterocycles. The van der Waals surface area contributed by atoms with Crippen molar-refractivity contribution in [2.75, 3.05) is 13.2 Å². The Hall–Kier alpha value is -1.46. The van der Waals surface area contributed by atoms with E-state index >= 15 is 0 Å². The van der Waals surface area contributed by atoms with Crippen molar-refractivity contribution in [2.24, 2.45) is 0 Å². The summed E-state index contributed by atoms with van der Waals surface area (Å²) in [4.78, 5) is 10.9. The fraction of sp³-hybridized carbons (Fsp3) is 0.417. The van der Waals surface area contributed by atoms with Gasteiger partial charge in [0.25, 0.3) is 0 Å². The highest BCUT2D eigenvalue weighted by molar-refractivity contribution is 5.73. The number of hydrogen-bond acceptors (Lipinski definition) is 3. The van der Waals surface area contributed by atoms with E-state index in [4.69, 9.17) is 9.84 Å². The number of carboxylic acid groups (broad SMARTS) is 1. The van der Waals surface area contributed by atoms with Gasteiger partial charge in [-0.3, -0.25) is 4.79 Å². The number of halogens is 1. The number of aliphatic carboxylic acids is 1. The van der Waals surface area contributed by atoms with Gasteiger partial charge in [0, 0.05) is 6.61 Å². The molecule has 0 aliphatic heterocycles. The van der Waals surface area contributed by atoms with Gasteiger partial charge in [-0.2, -0.15) is 0 Å². The van der Waals surface area contributed by atoms with Crippen LogP contribution in [0.1, 0.15) is 12.5 Å². The lowest BCUT2D eigenvalue weighted by molar-refractivity contribution is -0.157. The van der Waals surface area contributed by atoms with Crippen molar-refractivity contribution in [1.82, 2.24) is 5.12 Å². The Morgan fingerprint density at radius 2 is 2.12 bits per heavy atom. The molecule has 1 rings (SSSR count). The maximum absolute atomic E-state index is 13.7. The van der Waals surface area contributed by atoms with Gasteiger partial charge < -0.3 is 9.84 Å². The smallest absolute Gasteiger partial charge is 0.326 e. The van der Waals surface area contributed by atoms with Gasteiger partial charge in [0.05, 0.1) is 13.2 Å². The molecule has 0 bridgehead atoms. The van der Waals surface area contributed by atoms with Crippen molar-refractivity contribution >= 4 is 5.97 Å². The molecule has 94 valence electrons. The SMILES string of the molecule is CCOCC(C(=O)O)N(F)Cc1ccccc1. The van der Waals surface area contributed by atoms with E-state index in [9.17, 15) is 9.28 Å². The lowest BCUT2D eigenvalue weighted by Gasteiger charge is -2.19.